The summed E-state index contributed by atoms with van der Waals surface area (Å²) in [5.41, 5.74) is 3.24. The van der Waals surface area contributed by atoms with Crippen LogP contribution in [-0.4, -0.2) is 57.9 Å². The van der Waals surface area contributed by atoms with Gasteiger partial charge in [-0.25, -0.2) is 5.43 Å². The summed E-state index contributed by atoms with van der Waals surface area (Å²) in [4.78, 5) is 35.3. The van der Waals surface area contributed by atoms with Crippen molar-refractivity contribution in [1.29, 1.82) is 0 Å². The summed E-state index contributed by atoms with van der Waals surface area (Å²) in [5.74, 6) is -1.40. The van der Waals surface area contributed by atoms with Gasteiger partial charge in [0, 0.05) is 24.4 Å². The molecule has 2 aromatic rings. The van der Waals surface area contributed by atoms with Crippen molar-refractivity contribution in [3.63, 3.8) is 0 Å². The number of amides is 3. The maximum absolute atomic E-state index is 12.1. The molecule has 170 valence electrons. The number of hydrogen-bond donors (Lipinski definition) is 3. The number of hydrazone groups is 1. The van der Waals surface area contributed by atoms with Crippen LogP contribution in [0, 0.1) is 0 Å². The Morgan fingerprint density at radius 3 is 2.59 bits per heavy atom. The molecule has 0 fully saturated rings. The molecule has 0 saturated carbocycles. The van der Waals surface area contributed by atoms with E-state index < -0.39 is 11.8 Å². The molecule has 32 heavy (non-hydrogen) atoms. The fourth-order valence-corrected chi connectivity index (χ4v) is 2.54. The maximum Gasteiger partial charge on any atom is 0.329 e. The zero-order valence-corrected chi connectivity index (χ0v) is 18.3. The van der Waals surface area contributed by atoms with Gasteiger partial charge in [0.05, 0.1) is 19.9 Å². The van der Waals surface area contributed by atoms with Crippen molar-refractivity contribution in [2.24, 2.45) is 5.10 Å². The second kappa shape index (κ2) is 12.9. The molecule has 2 aromatic carbocycles. The summed E-state index contributed by atoms with van der Waals surface area (Å²) >= 11 is 5.89. The van der Waals surface area contributed by atoms with Crippen LogP contribution in [0.1, 0.15) is 5.56 Å². The molecule has 0 aliphatic rings. The molecule has 10 nitrogen and oxygen atoms in total. The van der Waals surface area contributed by atoms with Gasteiger partial charge < -0.3 is 24.8 Å². The number of hydrogen-bond acceptors (Lipinski definition) is 7. The summed E-state index contributed by atoms with van der Waals surface area (Å²) in [5, 5.41) is 9.29. The number of nitrogens with zero attached hydrogens (tertiary/aromatic N) is 1. The SMILES string of the molecule is COCCNC(=O)C(=O)N/N=C\c1ccc(OCC(=O)Nc2cccc(Cl)c2)c(OC)c1. The Balaban J connectivity index is 1.88. The molecule has 0 bridgehead atoms. The third kappa shape index (κ3) is 8.25. The molecule has 0 heterocycles. The maximum atomic E-state index is 12.1. The van der Waals surface area contributed by atoms with Gasteiger partial charge in [0.1, 0.15) is 0 Å². The van der Waals surface area contributed by atoms with E-state index in [1.807, 2.05) is 0 Å². The number of carbonyl (C=O) groups is 3. The summed E-state index contributed by atoms with van der Waals surface area (Å²) in [6.07, 6.45) is 1.33. The van der Waals surface area contributed by atoms with E-state index in [0.717, 1.165) is 0 Å². The van der Waals surface area contributed by atoms with E-state index in [4.69, 9.17) is 25.8 Å². The van der Waals surface area contributed by atoms with Crippen LogP contribution in [0.2, 0.25) is 5.02 Å². The number of halogens is 1. The largest absolute Gasteiger partial charge is 0.493 e. The first kappa shape index (κ1) is 24.6. The highest BCUT2D eigenvalue weighted by molar-refractivity contribution is 6.35. The highest BCUT2D eigenvalue weighted by Crippen LogP contribution is 2.27. The van der Waals surface area contributed by atoms with E-state index in [1.54, 1.807) is 42.5 Å². The summed E-state index contributed by atoms with van der Waals surface area (Å²) in [7, 11) is 2.93. The van der Waals surface area contributed by atoms with Crippen LogP contribution in [0.25, 0.3) is 0 Å². The van der Waals surface area contributed by atoms with Gasteiger partial charge in [-0.3, -0.25) is 14.4 Å². The Kier molecular flexibility index (Phi) is 9.95. The third-order valence-corrected chi connectivity index (χ3v) is 4.07. The molecule has 0 aromatic heterocycles. The fourth-order valence-electron chi connectivity index (χ4n) is 2.35. The van der Waals surface area contributed by atoms with Gasteiger partial charge in [-0.15, -0.1) is 0 Å². The lowest BCUT2D eigenvalue weighted by molar-refractivity contribution is -0.139. The number of benzene rings is 2. The fraction of sp³-hybridized carbons (Fsp3) is 0.238. The zero-order chi connectivity index (χ0) is 23.3. The molecule has 2 rings (SSSR count). The first-order valence-corrected chi connectivity index (χ1v) is 9.77. The van der Waals surface area contributed by atoms with Gasteiger partial charge in [-0.1, -0.05) is 17.7 Å². The second-order valence-electron chi connectivity index (χ2n) is 6.21. The van der Waals surface area contributed by atoms with Gasteiger partial charge in [0.25, 0.3) is 5.91 Å². The van der Waals surface area contributed by atoms with Crippen LogP contribution in [0.4, 0.5) is 5.69 Å². The molecular formula is C21H23ClN4O6. The Morgan fingerprint density at radius 1 is 1.06 bits per heavy atom. The smallest absolute Gasteiger partial charge is 0.329 e. The van der Waals surface area contributed by atoms with E-state index in [1.165, 1.54) is 20.4 Å². The number of rotatable bonds is 10. The van der Waals surface area contributed by atoms with Gasteiger partial charge in [0.2, 0.25) is 0 Å². The van der Waals surface area contributed by atoms with Crippen molar-refractivity contribution < 1.29 is 28.6 Å². The summed E-state index contributed by atoms with van der Waals surface area (Å²) in [6, 6.07) is 11.6. The minimum absolute atomic E-state index is 0.211. The monoisotopic (exact) mass is 462 g/mol. The minimum atomic E-state index is -0.907. The molecule has 0 saturated heterocycles. The van der Waals surface area contributed by atoms with Crippen molar-refractivity contribution in [3.8, 4) is 11.5 Å². The van der Waals surface area contributed by atoms with Crippen molar-refractivity contribution >= 4 is 41.2 Å². The van der Waals surface area contributed by atoms with Gasteiger partial charge in [0.15, 0.2) is 18.1 Å². The molecule has 0 unspecified atom stereocenters. The zero-order valence-electron chi connectivity index (χ0n) is 17.5. The number of nitrogens with one attached hydrogen (secondary N) is 3. The molecule has 0 aliphatic heterocycles. The van der Waals surface area contributed by atoms with Gasteiger partial charge in [-0.2, -0.15) is 5.10 Å². The number of carbonyl (C=O) groups excluding carboxylic acids is 3. The average molecular weight is 463 g/mol. The highest BCUT2D eigenvalue weighted by atomic mass is 35.5. The quantitative estimate of drug-likeness (QED) is 0.213. The van der Waals surface area contributed by atoms with Crippen molar-refractivity contribution in [1.82, 2.24) is 10.7 Å². The van der Waals surface area contributed by atoms with Crippen LogP contribution in [0.5, 0.6) is 11.5 Å². The molecular weight excluding hydrogens is 440 g/mol. The lowest BCUT2D eigenvalue weighted by Gasteiger charge is -2.11. The third-order valence-electron chi connectivity index (χ3n) is 3.83. The Hall–Kier alpha value is -3.63. The molecule has 0 atom stereocenters. The molecule has 0 spiro atoms. The Bertz CT molecular complexity index is 983. The number of anilines is 1. The molecule has 3 N–H and O–H groups in total. The molecule has 11 heteroatoms. The average Bonchev–Trinajstić information content (AvgIpc) is 2.78. The Morgan fingerprint density at radius 2 is 1.88 bits per heavy atom. The van der Waals surface area contributed by atoms with E-state index in [9.17, 15) is 14.4 Å². The van der Waals surface area contributed by atoms with Crippen LogP contribution in [-0.2, 0) is 19.1 Å². The van der Waals surface area contributed by atoms with E-state index in [-0.39, 0.29) is 19.1 Å². The van der Waals surface area contributed by atoms with Crippen LogP contribution < -0.4 is 25.5 Å². The lowest BCUT2D eigenvalue weighted by Crippen LogP contribution is -2.39. The molecule has 3 amide bonds. The molecule has 0 radical (unpaired) electrons. The summed E-state index contributed by atoms with van der Waals surface area (Å²) < 4.78 is 15.6. The second-order valence-corrected chi connectivity index (χ2v) is 6.64. The van der Waals surface area contributed by atoms with Crippen LogP contribution in [0.15, 0.2) is 47.6 Å². The highest BCUT2D eigenvalue weighted by Gasteiger charge is 2.12. The predicted octanol–water partition coefficient (Wildman–Crippen LogP) is 1.58. The first-order chi connectivity index (χ1) is 15.4. The predicted molar refractivity (Wildman–Crippen MR) is 119 cm³/mol. The standard InChI is InChI=1S/C21H23ClN4O6/c1-30-9-8-23-20(28)21(29)26-24-12-14-6-7-17(18(10-14)31-2)32-13-19(27)25-16-5-3-4-15(22)11-16/h3-7,10-12H,8-9,13H2,1-2H3,(H,23,28)(H,25,27)(H,26,29)/b24-12-. The topological polar surface area (TPSA) is 127 Å². The minimum Gasteiger partial charge on any atom is -0.493 e. The van der Waals surface area contributed by atoms with Gasteiger partial charge >= 0.3 is 11.8 Å². The van der Waals surface area contributed by atoms with E-state index in [2.05, 4.69) is 21.2 Å². The van der Waals surface area contributed by atoms with Crippen LogP contribution >= 0.6 is 11.6 Å². The van der Waals surface area contributed by atoms with Crippen LogP contribution in [0.3, 0.4) is 0 Å². The van der Waals surface area contributed by atoms with E-state index in [0.29, 0.717) is 34.4 Å². The number of ether oxygens (including phenoxy) is 3. The van der Waals surface area contributed by atoms with Crippen molar-refractivity contribution in [3.05, 3.63) is 53.1 Å². The Labute approximate surface area is 189 Å². The van der Waals surface area contributed by atoms with Crippen molar-refractivity contribution in [2.45, 2.75) is 0 Å². The normalized spacial score (nSPS) is 10.5. The summed E-state index contributed by atoms with van der Waals surface area (Å²) in [6.45, 7) is 0.256. The van der Waals surface area contributed by atoms with Crippen molar-refractivity contribution in [2.75, 3.05) is 39.3 Å². The number of methoxy groups -OCH3 is 2. The van der Waals surface area contributed by atoms with Gasteiger partial charge in [-0.05, 0) is 42.0 Å². The van der Waals surface area contributed by atoms with E-state index >= 15 is 0 Å². The lowest BCUT2D eigenvalue weighted by atomic mass is 10.2. The molecule has 0 aliphatic carbocycles. The first-order valence-electron chi connectivity index (χ1n) is 9.39.